The number of benzene rings is 2. The van der Waals surface area contributed by atoms with Gasteiger partial charge in [-0.25, -0.2) is 4.39 Å². The SMILES string of the molecule is Cc1ccc(CCOC[C@@H](O)CNC(C)(C)Cc2ccc(Cl)c(F)c2)c2c1OC1C(C(=O)O)C21. The maximum atomic E-state index is 13.7. The summed E-state index contributed by atoms with van der Waals surface area (Å²) in [5, 5.41) is 23.1. The van der Waals surface area contributed by atoms with Crippen LogP contribution in [0, 0.1) is 18.7 Å². The zero-order valence-electron chi connectivity index (χ0n) is 19.6. The Balaban J connectivity index is 1.22. The Labute approximate surface area is 204 Å². The van der Waals surface area contributed by atoms with Gasteiger partial charge in [0, 0.05) is 23.6 Å². The maximum Gasteiger partial charge on any atom is 0.311 e. The summed E-state index contributed by atoms with van der Waals surface area (Å²) in [5.41, 5.74) is 3.53. The summed E-state index contributed by atoms with van der Waals surface area (Å²) in [4.78, 5) is 11.4. The van der Waals surface area contributed by atoms with Crippen molar-refractivity contribution >= 4 is 17.6 Å². The van der Waals surface area contributed by atoms with Crippen LogP contribution in [0.4, 0.5) is 4.39 Å². The molecule has 6 nitrogen and oxygen atoms in total. The number of aliphatic hydroxyl groups is 1. The van der Waals surface area contributed by atoms with Crippen molar-refractivity contribution in [1.82, 2.24) is 5.32 Å². The molecule has 2 aromatic carbocycles. The summed E-state index contributed by atoms with van der Waals surface area (Å²) in [6.45, 7) is 6.86. The highest BCUT2D eigenvalue weighted by atomic mass is 35.5. The number of carboxylic acid groups (broad SMARTS) is 1. The summed E-state index contributed by atoms with van der Waals surface area (Å²) in [7, 11) is 0. The molecule has 1 fully saturated rings. The number of hydrogen-bond acceptors (Lipinski definition) is 5. The van der Waals surface area contributed by atoms with Gasteiger partial charge in [0.05, 0.1) is 24.3 Å². The smallest absolute Gasteiger partial charge is 0.311 e. The number of aliphatic carboxylic acids is 1. The molecule has 1 aliphatic heterocycles. The third kappa shape index (κ3) is 5.38. The molecule has 0 aromatic heterocycles. The minimum atomic E-state index is -0.816. The third-order valence-corrected chi connectivity index (χ3v) is 6.89. The van der Waals surface area contributed by atoms with Crippen LogP contribution in [-0.4, -0.2) is 53.7 Å². The standard InChI is InChI=1S/C26H31ClFNO5/c1-14-4-6-16(20-21-22(25(31)32)24(21)34-23(14)20)8-9-33-13-17(30)12-29-26(2,3)11-15-5-7-18(27)19(28)10-15/h4-7,10,17,21-22,24,29-30H,8-9,11-13H2,1-3H3,(H,31,32)/t17-,21?,22?,24?/m0/s1. The van der Waals surface area contributed by atoms with E-state index in [1.165, 1.54) is 6.07 Å². The average molecular weight is 492 g/mol. The number of β-amino-alcohol motifs (C(OH)–C–C–N with tert-alkyl or cyclic N) is 1. The minimum Gasteiger partial charge on any atom is -0.488 e. The molecule has 0 amide bonds. The molecule has 4 rings (SSSR count). The van der Waals surface area contributed by atoms with E-state index in [1.54, 1.807) is 12.1 Å². The number of carboxylic acids is 1. The van der Waals surface area contributed by atoms with E-state index in [4.69, 9.17) is 21.1 Å². The molecule has 1 aliphatic carbocycles. The lowest BCUT2D eigenvalue weighted by molar-refractivity contribution is -0.139. The van der Waals surface area contributed by atoms with Gasteiger partial charge in [0.15, 0.2) is 0 Å². The van der Waals surface area contributed by atoms with Crippen LogP contribution in [0.5, 0.6) is 5.75 Å². The Morgan fingerprint density at radius 1 is 1.32 bits per heavy atom. The molecule has 2 aliphatic rings. The first-order chi connectivity index (χ1) is 16.1. The fourth-order valence-corrected chi connectivity index (χ4v) is 4.89. The second-order valence-electron chi connectivity index (χ2n) is 9.93. The van der Waals surface area contributed by atoms with Crippen molar-refractivity contribution in [2.75, 3.05) is 19.8 Å². The lowest BCUT2D eigenvalue weighted by Crippen LogP contribution is -2.46. The van der Waals surface area contributed by atoms with E-state index in [0.29, 0.717) is 26.0 Å². The first kappa shape index (κ1) is 24.9. The highest BCUT2D eigenvalue weighted by molar-refractivity contribution is 6.30. The van der Waals surface area contributed by atoms with Gasteiger partial charge in [0.25, 0.3) is 0 Å². The lowest BCUT2D eigenvalue weighted by Gasteiger charge is -2.28. The Morgan fingerprint density at radius 3 is 2.79 bits per heavy atom. The molecule has 2 aromatic rings. The van der Waals surface area contributed by atoms with Crippen LogP contribution in [0.15, 0.2) is 30.3 Å². The molecule has 8 heteroatoms. The van der Waals surface area contributed by atoms with E-state index in [0.717, 1.165) is 28.0 Å². The van der Waals surface area contributed by atoms with Crippen LogP contribution < -0.4 is 10.1 Å². The monoisotopic (exact) mass is 491 g/mol. The van der Waals surface area contributed by atoms with Crippen LogP contribution in [0.25, 0.3) is 0 Å². The second kappa shape index (κ2) is 9.82. The van der Waals surface area contributed by atoms with Gasteiger partial charge in [-0.15, -0.1) is 0 Å². The number of hydrogen-bond donors (Lipinski definition) is 3. The number of aryl methyl sites for hydroxylation is 1. The molecule has 3 N–H and O–H groups in total. The van der Waals surface area contributed by atoms with Crippen LogP contribution in [0.1, 0.15) is 42.0 Å². The van der Waals surface area contributed by atoms with Gasteiger partial charge in [-0.3, -0.25) is 4.79 Å². The molecule has 1 heterocycles. The number of aliphatic hydroxyl groups excluding tert-OH is 1. The maximum absolute atomic E-state index is 13.7. The van der Waals surface area contributed by atoms with Crippen molar-refractivity contribution in [3.05, 3.63) is 63.4 Å². The Hall–Kier alpha value is -2.19. The first-order valence-corrected chi connectivity index (χ1v) is 11.9. The molecule has 1 saturated carbocycles. The van der Waals surface area contributed by atoms with E-state index in [9.17, 15) is 19.4 Å². The largest absolute Gasteiger partial charge is 0.488 e. The lowest BCUT2D eigenvalue weighted by atomic mass is 9.94. The Bertz CT molecular complexity index is 1080. The van der Waals surface area contributed by atoms with Gasteiger partial charge in [-0.05, 0) is 62.4 Å². The number of halogens is 2. The van der Waals surface area contributed by atoms with Crippen molar-refractivity contribution in [2.24, 2.45) is 5.92 Å². The Kier molecular flexibility index (Phi) is 7.20. The zero-order valence-corrected chi connectivity index (χ0v) is 20.4. The summed E-state index contributed by atoms with van der Waals surface area (Å²) in [5.74, 6) is -0.978. The predicted molar refractivity (Wildman–Crippen MR) is 127 cm³/mol. The van der Waals surface area contributed by atoms with Gasteiger partial charge in [0.1, 0.15) is 23.6 Å². The van der Waals surface area contributed by atoms with Crippen molar-refractivity contribution < 1.29 is 28.9 Å². The van der Waals surface area contributed by atoms with Crippen LogP contribution >= 0.6 is 11.6 Å². The third-order valence-electron chi connectivity index (χ3n) is 6.58. The van der Waals surface area contributed by atoms with E-state index in [1.807, 2.05) is 32.9 Å². The molecule has 0 radical (unpaired) electrons. The Morgan fingerprint density at radius 2 is 2.09 bits per heavy atom. The van der Waals surface area contributed by atoms with Gasteiger partial charge in [-0.2, -0.15) is 0 Å². The van der Waals surface area contributed by atoms with E-state index in [-0.39, 0.29) is 29.2 Å². The number of fused-ring (bicyclic) bond motifs is 3. The quantitative estimate of drug-likeness (QED) is 0.413. The van der Waals surface area contributed by atoms with Crippen LogP contribution in [0.2, 0.25) is 5.02 Å². The summed E-state index contributed by atoms with van der Waals surface area (Å²) in [6, 6.07) is 8.78. The van der Waals surface area contributed by atoms with Crippen molar-refractivity contribution in [3.63, 3.8) is 0 Å². The number of carbonyl (C=O) groups is 1. The summed E-state index contributed by atoms with van der Waals surface area (Å²) < 4.78 is 25.3. The topological polar surface area (TPSA) is 88.0 Å². The molecule has 0 bridgehead atoms. The highest BCUT2D eigenvalue weighted by Crippen LogP contribution is 2.60. The van der Waals surface area contributed by atoms with Crippen molar-refractivity contribution in [2.45, 2.75) is 57.3 Å². The summed E-state index contributed by atoms with van der Waals surface area (Å²) in [6.07, 6.45) is 0.246. The van der Waals surface area contributed by atoms with Gasteiger partial charge in [-0.1, -0.05) is 29.8 Å². The molecule has 34 heavy (non-hydrogen) atoms. The molecule has 184 valence electrons. The van der Waals surface area contributed by atoms with Crippen LogP contribution in [-0.2, 0) is 22.4 Å². The van der Waals surface area contributed by atoms with Crippen molar-refractivity contribution in [1.29, 1.82) is 0 Å². The van der Waals surface area contributed by atoms with E-state index >= 15 is 0 Å². The van der Waals surface area contributed by atoms with Crippen LogP contribution in [0.3, 0.4) is 0 Å². The average Bonchev–Trinajstić information content (AvgIpc) is 3.35. The first-order valence-electron chi connectivity index (χ1n) is 11.5. The summed E-state index contributed by atoms with van der Waals surface area (Å²) >= 11 is 5.75. The minimum absolute atomic E-state index is 0.0754. The van der Waals surface area contributed by atoms with Gasteiger partial charge < -0.3 is 25.0 Å². The number of ether oxygens (including phenoxy) is 2. The molecule has 0 spiro atoms. The van der Waals surface area contributed by atoms with Gasteiger partial charge in [0.2, 0.25) is 0 Å². The highest BCUT2D eigenvalue weighted by Gasteiger charge is 2.63. The van der Waals surface area contributed by atoms with Gasteiger partial charge >= 0.3 is 5.97 Å². The normalized spacial score (nSPS) is 21.5. The van der Waals surface area contributed by atoms with E-state index < -0.39 is 23.8 Å². The number of nitrogens with one attached hydrogen (secondary N) is 1. The zero-order chi connectivity index (χ0) is 24.6. The fraction of sp³-hybridized carbons (Fsp3) is 0.500. The molecular formula is C26H31ClFNO5. The predicted octanol–water partition coefficient (Wildman–Crippen LogP) is 3.88. The van der Waals surface area contributed by atoms with Crippen molar-refractivity contribution in [3.8, 4) is 5.75 Å². The molecule has 0 saturated heterocycles. The fourth-order valence-electron chi connectivity index (χ4n) is 4.77. The molecule has 3 unspecified atom stereocenters. The molecule has 4 atom stereocenters. The number of rotatable bonds is 11. The second-order valence-corrected chi connectivity index (χ2v) is 10.3. The molecular weight excluding hydrogens is 461 g/mol. The van der Waals surface area contributed by atoms with E-state index in [2.05, 4.69) is 5.32 Å².